The van der Waals surface area contributed by atoms with E-state index in [0.29, 0.717) is 21.1 Å². The van der Waals surface area contributed by atoms with Crippen LogP contribution in [0.1, 0.15) is 31.2 Å². The largest absolute Gasteiger partial charge is 0.496 e. The Kier molecular flexibility index (Phi) is 4.53. The third-order valence-electron chi connectivity index (χ3n) is 5.12. The predicted molar refractivity (Wildman–Crippen MR) is 109 cm³/mol. The van der Waals surface area contributed by atoms with E-state index in [1.165, 1.54) is 15.9 Å². The Morgan fingerprint density at radius 3 is 2.74 bits per heavy atom. The highest BCUT2D eigenvalue weighted by Crippen LogP contribution is 2.64. The summed E-state index contributed by atoms with van der Waals surface area (Å²) >= 11 is 13.0. The zero-order valence-electron chi connectivity index (χ0n) is 14.9. The van der Waals surface area contributed by atoms with E-state index < -0.39 is 0 Å². The Morgan fingerprint density at radius 1 is 1.33 bits per heavy atom. The summed E-state index contributed by atoms with van der Waals surface area (Å²) in [6.07, 6.45) is 3.63. The molecule has 3 aromatic rings. The Morgan fingerprint density at radius 2 is 2.07 bits per heavy atom. The molecule has 4 rings (SSSR count). The lowest BCUT2D eigenvalue weighted by atomic mass is 10.1. The first-order valence-electron chi connectivity index (χ1n) is 8.40. The van der Waals surface area contributed by atoms with Crippen LogP contribution in [0, 0.1) is 11.3 Å². The molecule has 140 valence electrons. The van der Waals surface area contributed by atoms with Crippen molar-refractivity contribution < 1.29 is 4.74 Å². The number of hydrogen-bond acceptors (Lipinski definition) is 5. The fourth-order valence-corrected chi connectivity index (χ4v) is 4.70. The molecule has 2 atom stereocenters. The summed E-state index contributed by atoms with van der Waals surface area (Å²) in [7, 11) is 1.61. The van der Waals surface area contributed by atoms with Crippen molar-refractivity contribution in [2.45, 2.75) is 19.8 Å². The Balaban J connectivity index is 1.74. The molecular formula is C19H17Cl2N3O2S. The standard InChI is InChI=1S/C19H17Cl2N3O2S/c1-19(2)11(9-14(20)21)15(19)16-22-18-24(23-16)17(25)13(27-18)8-10-6-4-5-7-12(10)26-3/h4-9,11,15H,1-3H3/b13-8+/t11-,15-/m0/s1. The molecule has 0 amide bonds. The summed E-state index contributed by atoms with van der Waals surface area (Å²) in [6.45, 7) is 4.23. The lowest BCUT2D eigenvalue weighted by Crippen LogP contribution is -2.23. The number of methoxy groups -OCH3 is 1. The van der Waals surface area contributed by atoms with Gasteiger partial charge in [-0.05, 0) is 29.6 Å². The number of fused-ring (bicyclic) bond motifs is 1. The molecular weight excluding hydrogens is 405 g/mol. The van der Waals surface area contributed by atoms with Crippen molar-refractivity contribution in [1.29, 1.82) is 0 Å². The number of allylic oxidation sites excluding steroid dienone is 1. The highest BCUT2D eigenvalue weighted by atomic mass is 35.5. The number of aromatic nitrogens is 3. The first-order chi connectivity index (χ1) is 12.8. The number of para-hydroxylation sites is 1. The second-order valence-corrected chi connectivity index (χ2v) is 9.12. The summed E-state index contributed by atoms with van der Waals surface area (Å²) in [5.41, 5.74) is 0.620. The molecule has 0 unspecified atom stereocenters. The van der Waals surface area contributed by atoms with Gasteiger partial charge in [-0.15, -0.1) is 5.10 Å². The van der Waals surface area contributed by atoms with Crippen molar-refractivity contribution >= 4 is 45.6 Å². The van der Waals surface area contributed by atoms with Crippen LogP contribution in [0.4, 0.5) is 0 Å². The maximum atomic E-state index is 12.8. The fourth-order valence-electron chi connectivity index (χ4n) is 3.53. The maximum Gasteiger partial charge on any atom is 0.291 e. The fraction of sp³-hybridized carbons (Fsp3) is 0.316. The van der Waals surface area contributed by atoms with Gasteiger partial charge in [-0.2, -0.15) is 4.52 Å². The van der Waals surface area contributed by atoms with Gasteiger partial charge in [-0.25, -0.2) is 4.98 Å². The van der Waals surface area contributed by atoms with Gasteiger partial charge in [0.2, 0.25) is 4.96 Å². The molecule has 0 spiro atoms. The second kappa shape index (κ2) is 6.62. The molecule has 1 aliphatic carbocycles. The third kappa shape index (κ3) is 3.16. The molecule has 2 heterocycles. The second-order valence-electron chi connectivity index (χ2n) is 7.10. The highest BCUT2D eigenvalue weighted by molar-refractivity contribution is 7.15. The normalized spacial score (nSPS) is 21.4. The number of nitrogens with zero attached hydrogens (tertiary/aromatic N) is 3. The average Bonchev–Trinajstić information content (AvgIpc) is 2.90. The number of benzene rings is 1. The van der Waals surface area contributed by atoms with Crippen LogP contribution in [0.3, 0.4) is 0 Å². The Bertz CT molecular complexity index is 1160. The summed E-state index contributed by atoms with van der Waals surface area (Å²) in [5, 5.41) is 4.47. The number of thiazole rings is 1. The van der Waals surface area contributed by atoms with Crippen molar-refractivity contribution in [1.82, 2.24) is 14.6 Å². The maximum absolute atomic E-state index is 12.8. The van der Waals surface area contributed by atoms with Gasteiger partial charge in [-0.3, -0.25) is 4.79 Å². The van der Waals surface area contributed by atoms with Gasteiger partial charge < -0.3 is 4.74 Å². The third-order valence-corrected chi connectivity index (χ3v) is 6.33. The minimum Gasteiger partial charge on any atom is -0.496 e. The van der Waals surface area contributed by atoms with E-state index in [1.54, 1.807) is 7.11 Å². The van der Waals surface area contributed by atoms with Crippen molar-refractivity contribution in [3.63, 3.8) is 0 Å². The molecule has 0 bridgehead atoms. The van der Waals surface area contributed by atoms with E-state index in [9.17, 15) is 4.79 Å². The molecule has 27 heavy (non-hydrogen) atoms. The van der Waals surface area contributed by atoms with Crippen molar-refractivity contribution in [3.05, 3.63) is 61.1 Å². The summed E-state index contributed by atoms with van der Waals surface area (Å²) in [5.74, 6) is 1.62. The Labute approximate surface area is 169 Å². The zero-order valence-corrected chi connectivity index (χ0v) is 17.3. The topological polar surface area (TPSA) is 56.5 Å². The van der Waals surface area contributed by atoms with E-state index in [-0.39, 0.29) is 27.3 Å². The Hall–Kier alpha value is -1.89. The molecule has 0 radical (unpaired) electrons. The van der Waals surface area contributed by atoms with Crippen LogP contribution in [-0.4, -0.2) is 21.7 Å². The molecule has 2 aromatic heterocycles. The van der Waals surface area contributed by atoms with Gasteiger partial charge in [0.25, 0.3) is 5.56 Å². The van der Waals surface area contributed by atoms with Crippen LogP contribution >= 0.6 is 34.5 Å². The van der Waals surface area contributed by atoms with Gasteiger partial charge in [0.1, 0.15) is 10.2 Å². The number of hydrogen-bond donors (Lipinski definition) is 0. The van der Waals surface area contributed by atoms with E-state index in [2.05, 4.69) is 23.9 Å². The van der Waals surface area contributed by atoms with Crippen LogP contribution in [0.15, 0.2) is 39.6 Å². The first kappa shape index (κ1) is 18.5. The molecule has 1 saturated carbocycles. The SMILES string of the molecule is COc1ccccc1/C=c1/sc2nc([C@@H]3[C@H](C=C(Cl)Cl)C3(C)C)nn2c1=O. The summed E-state index contributed by atoms with van der Waals surface area (Å²) < 4.78 is 7.53. The predicted octanol–water partition coefficient (Wildman–Crippen LogP) is 3.77. The van der Waals surface area contributed by atoms with Crippen LogP contribution in [0.2, 0.25) is 0 Å². The summed E-state index contributed by atoms with van der Waals surface area (Å²) in [4.78, 5) is 17.9. The number of ether oxygens (including phenoxy) is 1. The van der Waals surface area contributed by atoms with Gasteiger partial charge in [0, 0.05) is 11.5 Å². The van der Waals surface area contributed by atoms with Crippen LogP contribution in [-0.2, 0) is 0 Å². The van der Waals surface area contributed by atoms with Gasteiger partial charge in [0.15, 0.2) is 5.82 Å². The molecule has 1 fully saturated rings. The lowest BCUT2D eigenvalue weighted by Gasteiger charge is -2.02. The van der Waals surface area contributed by atoms with Crippen molar-refractivity contribution in [2.24, 2.45) is 11.3 Å². The molecule has 0 N–H and O–H groups in total. The van der Waals surface area contributed by atoms with Gasteiger partial charge >= 0.3 is 0 Å². The molecule has 1 aliphatic rings. The van der Waals surface area contributed by atoms with E-state index >= 15 is 0 Å². The minimum absolute atomic E-state index is 0.0402. The monoisotopic (exact) mass is 421 g/mol. The summed E-state index contributed by atoms with van der Waals surface area (Å²) in [6, 6.07) is 7.55. The molecule has 0 saturated heterocycles. The minimum atomic E-state index is -0.180. The molecule has 1 aromatic carbocycles. The highest BCUT2D eigenvalue weighted by Gasteiger charge is 2.59. The molecule has 0 aliphatic heterocycles. The lowest BCUT2D eigenvalue weighted by molar-refractivity contribution is 0.414. The van der Waals surface area contributed by atoms with Crippen molar-refractivity contribution in [3.8, 4) is 5.75 Å². The van der Waals surface area contributed by atoms with E-state index in [0.717, 1.165) is 5.56 Å². The van der Waals surface area contributed by atoms with Gasteiger partial charge in [-0.1, -0.05) is 66.6 Å². The molecule has 5 nitrogen and oxygen atoms in total. The van der Waals surface area contributed by atoms with Gasteiger partial charge in [0.05, 0.1) is 11.6 Å². The van der Waals surface area contributed by atoms with Crippen LogP contribution in [0.25, 0.3) is 11.0 Å². The number of halogens is 2. The molecule has 8 heteroatoms. The quantitative estimate of drug-likeness (QED) is 0.643. The van der Waals surface area contributed by atoms with Crippen LogP contribution < -0.4 is 14.8 Å². The number of rotatable bonds is 4. The first-order valence-corrected chi connectivity index (χ1v) is 9.97. The van der Waals surface area contributed by atoms with E-state index in [4.69, 9.17) is 27.9 Å². The van der Waals surface area contributed by atoms with Crippen molar-refractivity contribution in [2.75, 3.05) is 7.11 Å². The van der Waals surface area contributed by atoms with E-state index in [1.807, 2.05) is 36.4 Å². The average molecular weight is 422 g/mol. The van der Waals surface area contributed by atoms with Crippen LogP contribution in [0.5, 0.6) is 5.75 Å². The zero-order chi connectivity index (χ0) is 19.3. The smallest absolute Gasteiger partial charge is 0.291 e.